The lowest BCUT2D eigenvalue weighted by Crippen LogP contribution is -2.42. The quantitative estimate of drug-likeness (QED) is 0.656. The molecular formula is C22H20ClN3O. The molecule has 2 aliphatic heterocycles. The van der Waals surface area contributed by atoms with Gasteiger partial charge in [0.15, 0.2) is 0 Å². The van der Waals surface area contributed by atoms with Gasteiger partial charge in [-0.25, -0.2) is 4.98 Å². The Bertz CT molecular complexity index is 1020. The number of hydrogen-bond acceptors (Lipinski definition) is 4. The van der Waals surface area contributed by atoms with Gasteiger partial charge >= 0.3 is 0 Å². The van der Waals surface area contributed by atoms with Gasteiger partial charge in [-0.15, -0.1) is 0 Å². The minimum Gasteiger partial charge on any atom is -0.466 e. The highest BCUT2D eigenvalue weighted by Crippen LogP contribution is 2.47. The van der Waals surface area contributed by atoms with Crippen molar-refractivity contribution in [1.29, 1.82) is 5.41 Å². The largest absolute Gasteiger partial charge is 0.466 e. The third-order valence-corrected chi connectivity index (χ3v) is 6.01. The van der Waals surface area contributed by atoms with Crippen molar-refractivity contribution in [2.45, 2.75) is 25.0 Å². The van der Waals surface area contributed by atoms with E-state index in [2.05, 4.69) is 40.2 Å². The number of rotatable bonds is 2. The van der Waals surface area contributed by atoms with E-state index < -0.39 is 0 Å². The van der Waals surface area contributed by atoms with Gasteiger partial charge in [0.25, 0.3) is 0 Å². The fraction of sp³-hybridized carbons (Fsp3) is 0.273. The van der Waals surface area contributed by atoms with Crippen LogP contribution < -0.4 is 0 Å². The SMILES string of the molecule is N=C1OC2(CCN(Cc3ccc(Cl)nc3)CC2)c2c1ccc1ccccc21. The molecule has 1 saturated heterocycles. The second kappa shape index (κ2) is 6.32. The van der Waals surface area contributed by atoms with Crippen molar-refractivity contribution in [3.63, 3.8) is 0 Å². The first-order valence-electron chi connectivity index (χ1n) is 9.28. The third-order valence-electron chi connectivity index (χ3n) is 5.79. The molecule has 4 nitrogen and oxygen atoms in total. The summed E-state index contributed by atoms with van der Waals surface area (Å²) in [6.07, 6.45) is 3.62. The first-order valence-corrected chi connectivity index (χ1v) is 9.65. The van der Waals surface area contributed by atoms with Gasteiger partial charge in [-0.1, -0.05) is 48.0 Å². The van der Waals surface area contributed by atoms with Crippen LogP contribution in [0.2, 0.25) is 5.15 Å². The number of pyridine rings is 1. The molecule has 1 fully saturated rings. The van der Waals surface area contributed by atoms with E-state index in [4.69, 9.17) is 21.7 Å². The van der Waals surface area contributed by atoms with Crippen LogP contribution in [0.15, 0.2) is 54.7 Å². The lowest BCUT2D eigenvalue weighted by Gasteiger charge is -2.39. The molecule has 2 aromatic carbocycles. The molecule has 0 aliphatic carbocycles. The summed E-state index contributed by atoms with van der Waals surface area (Å²) in [5.74, 6) is 0.311. The predicted octanol–water partition coefficient (Wildman–Crippen LogP) is 4.74. The van der Waals surface area contributed by atoms with Crippen LogP contribution in [0, 0.1) is 5.41 Å². The summed E-state index contributed by atoms with van der Waals surface area (Å²) in [4.78, 5) is 6.60. The Labute approximate surface area is 163 Å². The highest BCUT2D eigenvalue weighted by Gasteiger charge is 2.46. The third kappa shape index (κ3) is 2.80. The molecule has 3 heterocycles. The van der Waals surface area contributed by atoms with E-state index in [1.54, 1.807) is 0 Å². The molecule has 136 valence electrons. The van der Waals surface area contributed by atoms with Gasteiger partial charge in [0, 0.05) is 49.8 Å². The van der Waals surface area contributed by atoms with Gasteiger partial charge in [0.05, 0.1) is 0 Å². The Hall–Kier alpha value is -2.43. The van der Waals surface area contributed by atoms with Gasteiger partial charge in [-0.2, -0.15) is 0 Å². The van der Waals surface area contributed by atoms with Crippen molar-refractivity contribution in [1.82, 2.24) is 9.88 Å². The average Bonchev–Trinajstić information content (AvgIpc) is 2.97. The first-order chi connectivity index (χ1) is 13.1. The second-order valence-electron chi connectivity index (χ2n) is 7.40. The van der Waals surface area contributed by atoms with E-state index in [-0.39, 0.29) is 5.60 Å². The lowest BCUT2D eigenvalue weighted by molar-refractivity contribution is -0.00418. The van der Waals surface area contributed by atoms with Crippen LogP contribution in [0.3, 0.4) is 0 Å². The summed E-state index contributed by atoms with van der Waals surface area (Å²) < 4.78 is 6.21. The van der Waals surface area contributed by atoms with E-state index in [1.165, 1.54) is 21.9 Å². The molecule has 0 amide bonds. The van der Waals surface area contributed by atoms with Gasteiger partial charge in [-0.05, 0) is 28.5 Å². The summed E-state index contributed by atoms with van der Waals surface area (Å²) in [5.41, 5.74) is 2.95. The van der Waals surface area contributed by atoms with Crippen LogP contribution >= 0.6 is 11.6 Å². The number of fused-ring (bicyclic) bond motifs is 4. The number of halogens is 1. The number of nitrogens with zero attached hydrogens (tertiary/aromatic N) is 2. The molecule has 0 bridgehead atoms. The standard InChI is InChI=1S/C22H20ClN3O/c23-19-8-5-15(13-25-19)14-26-11-9-22(10-12-26)20-17-4-2-1-3-16(17)6-7-18(20)21(24)27-22/h1-8,13,24H,9-12,14H2. The number of aromatic nitrogens is 1. The van der Waals surface area contributed by atoms with E-state index in [1.807, 2.05) is 24.4 Å². The Balaban J connectivity index is 1.43. The number of ether oxygens (including phenoxy) is 1. The van der Waals surface area contributed by atoms with Crippen LogP contribution in [0.1, 0.15) is 29.5 Å². The molecule has 1 aromatic heterocycles. The fourth-order valence-electron chi connectivity index (χ4n) is 4.44. The molecule has 1 N–H and O–H groups in total. The molecule has 5 rings (SSSR count). The summed E-state index contributed by atoms with van der Waals surface area (Å²) in [5, 5.41) is 11.3. The van der Waals surface area contributed by atoms with Gasteiger partial charge in [0.1, 0.15) is 10.8 Å². The smallest absolute Gasteiger partial charge is 0.214 e. The average molecular weight is 378 g/mol. The van der Waals surface area contributed by atoms with E-state index in [0.717, 1.165) is 38.0 Å². The summed E-state index contributed by atoms with van der Waals surface area (Å²) in [7, 11) is 0. The summed E-state index contributed by atoms with van der Waals surface area (Å²) >= 11 is 5.88. The molecule has 0 saturated carbocycles. The fourth-order valence-corrected chi connectivity index (χ4v) is 4.55. The van der Waals surface area contributed by atoms with E-state index >= 15 is 0 Å². The molecular weight excluding hydrogens is 358 g/mol. The van der Waals surface area contributed by atoms with Gasteiger partial charge < -0.3 is 4.74 Å². The maximum Gasteiger partial charge on any atom is 0.214 e. The maximum atomic E-state index is 8.36. The van der Waals surface area contributed by atoms with Crippen LogP contribution in [0.4, 0.5) is 0 Å². The number of nitrogens with one attached hydrogen (secondary N) is 1. The summed E-state index contributed by atoms with van der Waals surface area (Å²) in [6, 6.07) is 16.4. The Kier molecular flexibility index (Phi) is 3.92. The molecule has 1 spiro atoms. The number of piperidine rings is 1. The van der Waals surface area contributed by atoms with Crippen molar-refractivity contribution in [3.05, 3.63) is 76.6 Å². The first kappa shape index (κ1) is 16.7. The van der Waals surface area contributed by atoms with Crippen molar-refractivity contribution < 1.29 is 4.74 Å². The Morgan fingerprint density at radius 2 is 1.89 bits per heavy atom. The van der Waals surface area contributed by atoms with Crippen molar-refractivity contribution in [2.75, 3.05) is 13.1 Å². The van der Waals surface area contributed by atoms with E-state index in [9.17, 15) is 0 Å². The zero-order chi connectivity index (χ0) is 18.4. The van der Waals surface area contributed by atoms with Crippen molar-refractivity contribution >= 4 is 28.3 Å². The van der Waals surface area contributed by atoms with Gasteiger partial charge in [-0.3, -0.25) is 10.3 Å². The zero-order valence-corrected chi connectivity index (χ0v) is 15.7. The van der Waals surface area contributed by atoms with Crippen LogP contribution in [-0.2, 0) is 16.9 Å². The highest BCUT2D eigenvalue weighted by molar-refractivity contribution is 6.29. The van der Waals surface area contributed by atoms with Crippen molar-refractivity contribution in [2.24, 2.45) is 0 Å². The maximum absolute atomic E-state index is 8.36. The Morgan fingerprint density at radius 3 is 2.67 bits per heavy atom. The molecule has 5 heteroatoms. The molecule has 3 aromatic rings. The molecule has 0 radical (unpaired) electrons. The minimum absolute atomic E-state index is 0.311. The van der Waals surface area contributed by atoms with Crippen LogP contribution in [0.5, 0.6) is 0 Å². The number of hydrogen-bond donors (Lipinski definition) is 1. The van der Waals surface area contributed by atoms with Crippen LogP contribution in [0.25, 0.3) is 10.8 Å². The minimum atomic E-state index is -0.373. The van der Waals surface area contributed by atoms with Gasteiger partial charge in [0.2, 0.25) is 5.90 Å². The number of benzene rings is 2. The lowest BCUT2D eigenvalue weighted by atomic mass is 9.81. The number of likely N-dealkylation sites (tertiary alicyclic amines) is 1. The molecule has 27 heavy (non-hydrogen) atoms. The van der Waals surface area contributed by atoms with Crippen molar-refractivity contribution in [3.8, 4) is 0 Å². The second-order valence-corrected chi connectivity index (χ2v) is 7.79. The summed E-state index contributed by atoms with van der Waals surface area (Å²) in [6.45, 7) is 2.72. The topological polar surface area (TPSA) is 49.2 Å². The Morgan fingerprint density at radius 1 is 1.07 bits per heavy atom. The normalized spacial score (nSPS) is 18.6. The highest BCUT2D eigenvalue weighted by atomic mass is 35.5. The van der Waals surface area contributed by atoms with Crippen LogP contribution in [-0.4, -0.2) is 28.9 Å². The molecule has 0 unspecified atom stereocenters. The molecule has 2 aliphatic rings. The van der Waals surface area contributed by atoms with E-state index in [0.29, 0.717) is 11.1 Å². The zero-order valence-electron chi connectivity index (χ0n) is 14.9. The molecule has 0 atom stereocenters. The predicted molar refractivity (Wildman–Crippen MR) is 107 cm³/mol. The monoisotopic (exact) mass is 377 g/mol.